The monoisotopic (exact) mass is 423 g/mol. The SMILES string of the molecule is CCCCCCCCC1CC(Cc2ncn[nH]2)(c2ccc(Cl)cc2Cl)C(=O)O1. The number of nitrogens with one attached hydrogen (secondary N) is 1. The number of hydrogen-bond acceptors (Lipinski definition) is 4. The molecule has 28 heavy (non-hydrogen) atoms. The number of halogens is 2. The van der Waals surface area contributed by atoms with Crippen molar-refractivity contribution in [1.29, 1.82) is 0 Å². The van der Waals surface area contributed by atoms with Crippen molar-refractivity contribution in [3.8, 4) is 0 Å². The third-order valence-corrected chi connectivity index (χ3v) is 6.05. The number of rotatable bonds is 10. The number of ether oxygens (including phenoxy) is 1. The lowest BCUT2D eigenvalue weighted by Gasteiger charge is -2.25. The van der Waals surface area contributed by atoms with Gasteiger partial charge >= 0.3 is 5.97 Å². The fourth-order valence-electron chi connectivity index (χ4n) is 4.03. The van der Waals surface area contributed by atoms with Gasteiger partial charge in [0, 0.05) is 22.9 Å². The number of esters is 1. The van der Waals surface area contributed by atoms with Crippen LogP contribution in [0.1, 0.15) is 69.7 Å². The third kappa shape index (κ3) is 4.87. The molecule has 2 atom stereocenters. The molecule has 1 aliphatic heterocycles. The van der Waals surface area contributed by atoms with Crippen molar-refractivity contribution in [2.24, 2.45) is 0 Å². The van der Waals surface area contributed by atoms with E-state index in [9.17, 15) is 4.79 Å². The normalized spacial score (nSPS) is 21.8. The summed E-state index contributed by atoms with van der Waals surface area (Å²) in [4.78, 5) is 17.3. The molecule has 0 bridgehead atoms. The molecule has 2 aromatic rings. The van der Waals surface area contributed by atoms with E-state index >= 15 is 0 Å². The van der Waals surface area contributed by atoms with Crippen molar-refractivity contribution < 1.29 is 9.53 Å². The molecule has 1 aromatic heterocycles. The van der Waals surface area contributed by atoms with Crippen LogP contribution in [0.3, 0.4) is 0 Å². The zero-order chi connectivity index (χ0) is 20.0. The molecule has 0 amide bonds. The van der Waals surface area contributed by atoms with Crippen LogP contribution in [0.25, 0.3) is 0 Å². The summed E-state index contributed by atoms with van der Waals surface area (Å²) in [7, 11) is 0. The second-order valence-corrected chi connectivity index (χ2v) is 8.45. The first-order valence-corrected chi connectivity index (χ1v) is 10.8. The summed E-state index contributed by atoms with van der Waals surface area (Å²) in [6.07, 6.45) is 10.5. The molecule has 3 rings (SSSR count). The molecule has 0 spiro atoms. The molecule has 1 N–H and O–H groups in total. The molecule has 152 valence electrons. The first-order chi connectivity index (χ1) is 13.5. The lowest BCUT2D eigenvalue weighted by atomic mass is 9.74. The van der Waals surface area contributed by atoms with Gasteiger partial charge < -0.3 is 4.74 Å². The summed E-state index contributed by atoms with van der Waals surface area (Å²) in [6.45, 7) is 2.22. The van der Waals surface area contributed by atoms with Crippen molar-refractivity contribution in [3.05, 3.63) is 46.0 Å². The molecular weight excluding hydrogens is 397 g/mol. The smallest absolute Gasteiger partial charge is 0.317 e. The predicted molar refractivity (Wildman–Crippen MR) is 111 cm³/mol. The highest BCUT2D eigenvalue weighted by molar-refractivity contribution is 6.35. The van der Waals surface area contributed by atoms with Gasteiger partial charge in [-0.3, -0.25) is 9.89 Å². The predicted octanol–water partition coefficient (Wildman–Crippen LogP) is 5.66. The van der Waals surface area contributed by atoms with E-state index < -0.39 is 5.41 Å². The zero-order valence-electron chi connectivity index (χ0n) is 16.2. The van der Waals surface area contributed by atoms with Crippen LogP contribution in [0.15, 0.2) is 24.5 Å². The lowest BCUT2D eigenvalue weighted by molar-refractivity contribution is -0.145. The number of hydrogen-bond donors (Lipinski definition) is 1. The van der Waals surface area contributed by atoms with E-state index in [-0.39, 0.29) is 12.1 Å². The highest BCUT2D eigenvalue weighted by Crippen LogP contribution is 2.44. The van der Waals surface area contributed by atoms with Gasteiger partial charge in [0.25, 0.3) is 0 Å². The van der Waals surface area contributed by atoms with Crippen LogP contribution in [0.5, 0.6) is 0 Å². The largest absolute Gasteiger partial charge is 0.462 e. The molecule has 0 saturated carbocycles. The third-order valence-electron chi connectivity index (χ3n) is 5.50. The zero-order valence-corrected chi connectivity index (χ0v) is 17.7. The van der Waals surface area contributed by atoms with Gasteiger partial charge in [0.05, 0.1) is 0 Å². The van der Waals surface area contributed by atoms with Crippen LogP contribution < -0.4 is 0 Å². The number of carbonyl (C=O) groups is 1. The van der Waals surface area contributed by atoms with Gasteiger partial charge in [-0.2, -0.15) is 5.10 Å². The molecule has 1 saturated heterocycles. The number of nitrogens with zero attached hydrogens (tertiary/aromatic N) is 2. The first-order valence-electron chi connectivity index (χ1n) is 10.1. The Morgan fingerprint density at radius 1 is 1.21 bits per heavy atom. The van der Waals surface area contributed by atoms with E-state index in [0.29, 0.717) is 28.7 Å². The van der Waals surface area contributed by atoms with Gasteiger partial charge in [0.15, 0.2) is 0 Å². The number of cyclic esters (lactones) is 1. The minimum absolute atomic E-state index is 0.103. The second-order valence-electron chi connectivity index (χ2n) is 7.60. The van der Waals surface area contributed by atoms with Crippen LogP contribution >= 0.6 is 23.2 Å². The van der Waals surface area contributed by atoms with Crippen molar-refractivity contribution in [1.82, 2.24) is 15.2 Å². The van der Waals surface area contributed by atoms with Gasteiger partial charge in [-0.25, -0.2) is 4.98 Å². The topological polar surface area (TPSA) is 67.9 Å². The molecule has 2 unspecified atom stereocenters. The molecule has 2 heterocycles. The van der Waals surface area contributed by atoms with E-state index in [0.717, 1.165) is 18.4 Å². The molecule has 1 aromatic carbocycles. The van der Waals surface area contributed by atoms with Gasteiger partial charge in [-0.05, 0) is 30.5 Å². The van der Waals surface area contributed by atoms with Gasteiger partial charge in [0.1, 0.15) is 23.7 Å². The summed E-state index contributed by atoms with van der Waals surface area (Å²) < 4.78 is 5.80. The molecular formula is C21H27Cl2N3O2. The molecule has 0 aliphatic carbocycles. The summed E-state index contributed by atoms with van der Waals surface area (Å²) in [5, 5.41) is 7.79. The maximum absolute atomic E-state index is 13.1. The molecule has 5 nitrogen and oxygen atoms in total. The standard InChI is InChI=1S/C21H27Cl2N3O2/c1-2-3-4-5-6-7-8-16-12-21(20(27)28-16,13-19-24-14-25-26-19)17-10-9-15(22)11-18(17)23/h9-11,14,16H,2-8,12-13H2,1H3,(H,24,25,26). The van der Waals surface area contributed by atoms with Crippen molar-refractivity contribution in [2.45, 2.75) is 76.2 Å². The second kappa shape index (κ2) is 9.75. The maximum Gasteiger partial charge on any atom is 0.317 e. The number of benzene rings is 1. The van der Waals surface area contributed by atoms with Crippen LogP contribution in [-0.4, -0.2) is 27.3 Å². The van der Waals surface area contributed by atoms with Crippen molar-refractivity contribution in [3.63, 3.8) is 0 Å². The van der Waals surface area contributed by atoms with Crippen molar-refractivity contribution in [2.75, 3.05) is 0 Å². The van der Waals surface area contributed by atoms with Crippen LogP contribution in [-0.2, 0) is 21.4 Å². The fraction of sp³-hybridized carbons (Fsp3) is 0.571. The highest BCUT2D eigenvalue weighted by Gasteiger charge is 2.51. The molecule has 0 radical (unpaired) electrons. The van der Waals surface area contributed by atoms with E-state index in [1.807, 2.05) is 6.07 Å². The van der Waals surface area contributed by atoms with Crippen LogP contribution in [0.2, 0.25) is 10.0 Å². The van der Waals surface area contributed by atoms with Crippen LogP contribution in [0, 0.1) is 0 Å². The Bertz CT molecular complexity index is 782. The Morgan fingerprint density at radius 2 is 2.00 bits per heavy atom. The Morgan fingerprint density at radius 3 is 2.71 bits per heavy atom. The van der Waals surface area contributed by atoms with E-state index in [1.54, 1.807) is 12.1 Å². The summed E-state index contributed by atoms with van der Waals surface area (Å²) in [5.74, 6) is 0.396. The average Bonchev–Trinajstić information content (AvgIpc) is 3.27. The minimum atomic E-state index is -0.867. The number of aromatic amines is 1. The number of carbonyl (C=O) groups excluding carboxylic acids is 1. The van der Waals surface area contributed by atoms with E-state index in [4.69, 9.17) is 27.9 Å². The number of aromatic nitrogens is 3. The minimum Gasteiger partial charge on any atom is -0.462 e. The Kier molecular flexibility index (Phi) is 7.36. The Hall–Kier alpha value is -1.59. The summed E-state index contributed by atoms with van der Waals surface area (Å²) >= 11 is 12.6. The fourth-order valence-corrected chi connectivity index (χ4v) is 4.62. The van der Waals surface area contributed by atoms with Gasteiger partial charge in [0.2, 0.25) is 0 Å². The van der Waals surface area contributed by atoms with Gasteiger partial charge in [-0.15, -0.1) is 0 Å². The Balaban J connectivity index is 1.75. The average molecular weight is 424 g/mol. The van der Waals surface area contributed by atoms with Gasteiger partial charge in [-0.1, -0.05) is 68.3 Å². The van der Waals surface area contributed by atoms with Crippen molar-refractivity contribution >= 4 is 29.2 Å². The number of unbranched alkanes of at least 4 members (excludes halogenated alkanes) is 5. The molecule has 7 heteroatoms. The van der Waals surface area contributed by atoms with Crippen LogP contribution in [0.4, 0.5) is 0 Å². The summed E-state index contributed by atoms with van der Waals surface area (Å²) in [6, 6.07) is 5.27. The molecule has 1 aliphatic rings. The quantitative estimate of drug-likeness (QED) is 0.395. The number of H-pyrrole nitrogens is 1. The first kappa shape index (κ1) is 21.1. The lowest BCUT2D eigenvalue weighted by Crippen LogP contribution is -2.35. The summed E-state index contributed by atoms with van der Waals surface area (Å²) in [5.41, 5.74) is -0.126. The maximum atomic E-state index is 13.1. The van der Waals surface area contributed by atoms with E-state index in [1.165, 1.54) is 38.4 Å². The highest BCUT2D eigenvalue weighted by atomic mass is 35.5. The van der Waals surface area contributed by atoms with E-state index in [2.05, 4.69) is 22.1 Å². The Labute approximate surface area is 176 Å². The molecule has 1 fully saturated rings.